The van der Waals surface area contributed by atoms with Crippen LogP contribution in [0.1, 0.15) is 19.3 Å². The summed E-state index contributed by atoms with van der Waals surface area (Å²) in [6, 6.07) is 10.5. The molecule has 1 heterocycles. The van der Waals surface area contributed by atoms with Gasteiger partial charge in [-0.15, -0.1) is 24.8 Å². The molecule has 1 aliphatic rings. The second-order valence-corrected chi connectivity index (χ2v) is 5.26. The van der Waals surface area contributed by atoms with Gasteiger partial charge in [-0.05, 0) is 38.6 Å². The molecule has 1 amide bonds. The van der Waals surface area contributed by atoms with E-state index in [1.54, 1.807) is 0 Å². The van der Waals surface area contributed by atoms with Crippen LogP contribution in [0, 0.1) is 0 Å². The number of carbonyl (C=O) groups excluding carboxylic acids is 1. The summed E-state index contributed by atoms with van der Waals surface area (Å²) in [5, 5.41) is 3.09. The summed E-state index contributed by atoms with van der Waals surface area (Å²) in [4.78, 5) is 16.6. The van der Waals surface area contributed by atoms with Crippen LogP contribution < -0.4 is 10.2 Å². The summed E-state index contributed by atoms with van der Waals surface area (Å²) in [5.41, 5.74) is 1.26. The van der Waals surface area contributed by atoms with Crippen molar-refractivity contribution in [3.8, 4) is 0 Å². The van der Waals surface area contributed by atoms with E-state index in [1.807, 2.05) is 18.0 Å². The largest absolute Gasteiger partial charge is 0.370 e. The molecule has 0 saturated carbocycles. The minimum Gasteiger partial charge on any atom is -0.370 e. The summed E-state index contributed by atoms with van der Waals surface area (Å²) in [7, 11) is 1.92. The number of carbonyl (C=O) groups is 1. The van der Waals surface area contributed by atoms with E-state index >= 15 is 0 Å². The maximum absolute atomic E-state index is 12.1. The third kappa shape index (κ3) is 6.42. The molecule has 0 aromatic heterocycles. The Bertz CT molecular complexity index is 417. The highest BCUT2D eigenvalue weighted by molar-refractivity contribution is 5.85. The van der Waals surface area contributed by atoms with Crippen molar-refractivity contribution in [3.63, 3.8) is 0 Å². The fourth-order valence-electron chi connectivity index (χ4n) is 2.64. The van der Waals surface area contributed by atoms with E-state index < -0.39 is 0 Å². The van der Waals surface area contributed by atoms with Gasteiger partial charge in [0.15, 0.2) is 0 Å². The number of amides is 1. The molecule has 0 aliphatic carbocycles. The second-order valence-electron chi connectivity index (χ2n) is 5.26. The zero-order valence-corrected chi connectivity index (χ0v) is 14.8. The summed E-state index contributed by atoms with van der Waals surface area (Å²) < 4.78 is 0. The topological polar surface area (TPSA) is 35.6 Å². The van der Waals surface area contributed by atoms with E-state index in [4.69, 9.17) is 0 Å². The number of para-hydroxylation sites is 1. The molecule has 1 aromatic carbocycles. The van der Waals surface area contributed by atoms with Crippen LogP contribution in [0.5, 0.6) is 0 Å². The Balaban J connectivity index is 0.00000220. The molecule has 0 radical (unpaired) electrons. The second kappa shape index (κ2) is 11.6. The number of hydrogen-bond donors (Lipinski definition) is 1. The van der Waals surface area contributed by atoms with E-state index in [2.05, 4.69) is 34.5 Å². The lowest BCUT2D eigenvalue weighted by Gasteiger charge is -2.23. The van der Waals surface area contributed by atoms with Gasteiger partial charge in [-0.2, -0.15) is 0 Å². The summed E-state index contributed by atoms with van der Waals surface area (Å²) in [6.45, 7) is 4.61. The fraction of sp³-hybridized carbons (Fsp3) is 0.562. The highest BCUT2D eigenvalue weighted by Gasteiger charge is 2.18. The van der Waals surface area contributed by atoms with Crippen molar-refractivity contribution >= 4 is 36.4 Å². The standard InChI is InChI=1S/C16H25N3O.2ClH/c1-17-10-5-9-16(20)19-12-6-11-18(13-14-19)15-7-3-2-4-8-15;;/h2-4,7-8,17H,5-6,9-14H2,1H3;2*1H. The maximum Gasteiger partial charge on any atom is 0.222 e. The molecule has 4 nitrogen and oxygen atoms in total. The Morgan fingerprint density at radius 1 is 1.09 bits per heavy atom. The van der Waals surface area contributed by atoms with Crippen LogP contribution >= 0.6 is 24.8 Å². The highest BCUT2D eigenvalue weighted by atomic mass is 35.5. The van der Waals surface area contributed by atoms with Gasteiger partial charge >= 0.3 is 0 Å². The number of halogens is 2. The Hall–Kier alpha value is -0.970. The van der Waals surface area contributed by atoms with Crippen molar-refractivity contribution < 1.29 is 4.79 Å². The molecule has 1 aliphatic heterocycles. The van der Waals surface area contributed by atoms with E-state index in [-0.39, 0.29) is 24.8 Å². The predicted octanol–water partition coefficient (Wildman–Crippen LogP) is 2.57. The minimum atomic E-state index is 0. The van der Waals surface area contributed by atoms with Crippen LogP contribution in [0.2, 0.25) is 0 Å². The molecule has 0 bridgehead atoms. The van der Waals surface area contributed by atoms with Crippen LogP contribution in [0.25, 0.3) is 0 Å². The molecule has 0 spiro atoms. The quantitative estimate of drug-likeness (QED) is 0.831. The first-order valence-electron chi connectivity index (χ1n) is 7.53. The first-order valence-corrected chi connectivity index (χ1v) is 7.53. The summed E-state index contributed by atoms with van der Waals surface area (Å²) >= 11 is 0. The lowest BCUT2D eigenvalue weighted by Crippen LogP contribution is -2.35. The van der Waals surface area contributed by atoms with Crippen molar-refractivity contribution in [3.05, 3.63) is 30.3 Å². The summed E-state index contributed by atoms with van der Waals surface area (Å²) in [6.07, 6.45) is 2.63. The first kappa shape index (κ1) is 21.0. The molecule has 1 aromatic rings. The summed E-state index contributed by atoms with van der Waals surface area (Å²) in [5.74, 6) is 0.301. The average molecular weight is 348 g/mol. The van der Waals surface area contributed by atoms with E-state index in [1.165, 1.54) is 5.69 Å². The Labute approximate surface area is 146 Å². The monoisotopic (exact) mass is 347 g/mol. The third-order valence-corrected chi connectivity index (χ3v) is 3.79. The van der Waals surface area contributed by atoms with Gasteiger partial charge in [0, 0.05) is 38.3 Å². The smallest absolute Gasteiger partial charge is 0.222 e. The highest BCUT2D eigenvalue weighted by Crippen LogP contribution is 2.16. The van der Waals surface area contributed by atoms with Crippen LogP contribution in [-0.4, -0.2) is 50.6 Å². The van der Waals surface area contributed by atoms with Crippen molar-refractivity contribution in [2.24, 2.45) is 0 Å². The van der Waals surface area contributed by atoms with E-state index in [0.717, 1.165) is 45.6 Å². The first-order chi connectivity index (χ1) is 9.81. The van der Waals surface area contributed by atoms with Crippen molar-refractivity contribution in [2.75, 3.05) is 44.7 Å². The van der Waals surface area contributed by atoms with Gasteiger partial charge in [-0.25, -0.2) is 0 Å². The zero-order chi connectivity index (χ0) is 14.2. The lowest BCUT2D eigenvalue weighted by atomic mass is 10.2. The van der Waals surface area contributed by atoms with Gasteiger partial charge in [-0.1, -0.05) is 18.2 Å². The lowest BCUT2D eigenvalue weighted by molar-refractivity contribution is -0.131. The normalized spacial score (nSPS) is 14.6. The van der Waals surface area contributed by atoms with Gasteiger partial charge in [0.25, 0.3) is 0 Å². The van der Waals surface area contributed by atoms with Gasteiger partial charge in [0.2, 0.25) is 5.91 Å². The zero-order valence-electron chi connectivity index (χ0n) is 13.2. The number of benzene rings is 1. The Morgan fingerprint density at radius 2 is 1.82 bits per heavy atom. The van der Waals surface area contributed by atoms with Crippen molar-refractivity contribution in [1.29, 1.82) is 0 Å². The Morgan fingerprint density at radius 3 is 2.50 bits per heavy atom. The predicted molar refractivity (Wildman–Crippen MR) is 97.5 cm³/mol. The maximum atomic E-state index is 12.1. The number of nitrogens with one attached hydrogen (secondary N) is 1. The number of hydrogen-bond acceptors (Lipinski definition) is 3. The van der Waals surface area contributed by atoms with Crippen molar-refractivity contribution in [1.82, 2.24) is 10.2 Å². The Kier molecular flexibility index (Phi) is 11.1. The molecule has 1 fully saturated rings. The van der Waals surface area contributed by atoms with Gasteiger partial charge in [0.05, 0.1) is 0 Å². The van der Waals surface area contributed by atoms with E-state index in [9.17, 15) is 4.79 Å². The number of rotatable bonds is 5. The molecule has 1 saturated heterocycles. The third-order valence-electron chi connectivity index (χ3n) is 3.79. The van der Waals surface area contributed by atoms with Gasteiger partial charge < -0.3 is 15.1 Å². The minimum absolute atomic E-state index is 0. The molecule has 0 unspecified atom stereocenters. The van der Waals surface area contributed by atoms with Crippen molar-refractivity contribution in [2.45, 2.75) is 19.3 Å². The number of anilines is 1. The SMILES string of the molecule is CNCCCC(=O)N1CCCN(c2ccccc2)CC1.Cl.Cl. The molecular weight excluding hydrogens is 321 g/mol. The molecule has 126 valence electrons. The molecule has 22 heavy (non-hydrogen) atoms. The number of nitrogens with zero attached hydrogens (tertiary/aromatic N) is 2. The van der Waals surface area contributed by atoms with Gasteiger partial charge in [0.1, 0.15) is 0 Å². The fourth-order valence-corrected chi connectivity index (χ4v) is 2.64. The van der Waals surface area contributed by atoms with Crippen LogP contribution in [-0.2, 0) is 4.79 Å². The average Bonchev–Trinajstić information content (AvgIpc) is 2.74. The van der Waals surface area contributed by atoms with Gasteiger partial charge in [-0.3, -0.25) is 4.79 Å². The molecule has 1 N–H and O–H groups in total. The van der Waals surface area contributed by atoms with Crippen LogP contribution in [0.15, 0.2) is 30.3 Å². The van der Waals surface area contributed by atoms with Crippen LogP contribution in [0.4, 0.5) is 5.69 Å². The van der Waals surface area contributed by atoms with E-state index in [0.29, 0.717) is 12.3 Å². The van der Waals surface area contributed by atoms with Crippen LogP contribution in [0.3, 0.4) is 0 Å². The molecule has 0 atom stereocenters. The molecule has 2 rings (SSSR count). The molecule has 6 heteroatoms. The molecular formula is C16H27Cl2N3O.